The molecule has 0 saturated carbocycles. The van der Waals surface area contributed by atoms with Crippen molar-refractivity contribution in [2.75, 3.05) is 0 Å². The van der Waals surface area contributed by atoms with E-state index in [1.165, 1.54) is 6.07 Å². The second-order valence-corrected chi connectivity index (χ2v) is 4.31. The molecule has 0 aliphatic rings. The molecule has 0 aliphatic carbocycles. The Hall–Kier alpha value is -1.96. The van der Waals surface area contributed by atoms with Gasteiger partial charge in [0, 0.05) is 18.9 Å². The van der Waals surface area contributed by atoms with Gasteiger partial charge in [-0.05, 0) is 13.0 Å². The van der Waals surface area contributed by atoms with Gasteiger partial charge in [0.2, 0.25) is 0 Å². The maximum Gasteiger partial charge on any atom is 0.333 e. The summed E-state index contributed by atoms with van der Waals surface area (Å²) >= 11 is 5.94. The molecule has 0 unspecified atom stereocenters. The highest BCUT2D eigenvalue weighted by Crippen LogP contribution is 2.15. The third-order valence-corrected chi connectivity index (χ3v) is 2.93. The number of carbonyl (C=O) groups excluding carboxylic acids is 1. The number of amides is 1. The molecule has 1 N–H and O–H groups in total. The van der Waals surface area contributed by atoms with Crippen LogP contribution >= 0.6 is 11.6 Å². The smallest absolute Gasteiger partial charge is 0.333 e. The summed E-state index contributed by atoms with van der Waals surface area (Å²) in [6, 6.07) is 1.22. The predicted molar refractivity (Wildman–Crippen MR) is 67.6 cm³/mol. The molecule has 0 fully saturated rings. The lowest BCUT2D eigenvalue weighted by Crippen LogP contribution is -2.26. The number of halogens is 3. The molecular formula is C11H12ClF2N5O. The summed E-state index contributed by atoms with van der Waals surface area (Å²) in [5.41, 5.74) is 0.260. The van der Waals surface area contributed by atoms with E-state index in [2.05, 4.69) is 15.5 Å². The van der Waals surface area contributed by atoms with Gasteiger partial charge < -0.3 is 5.32 Å². The number of aryl methyl sites for hydroxylation is 1. The Kier molecular flexibility index (Phi) is 4.33. The first kappa shape index (κ1) is 14.4. The van der Waals surface area contributed by atoms with Crippen molar-refractivity contribution in [3.8, 4) is 0 Å². The van der Waals surface area contributed by atoms with E-state index in [-0.39, 0.29) is 12.2 Å². The van der Waals surface area contributed by atoms with Crippen LogP contribution in [-0.4, -0.2) is 25.5 Å². The summed E-state index contributed by atoms with van der Waals surface area (Å²) in [7, 11) is 0. The number of alkyl halides is 2. The summed E-state index contributed by atoms with van der Waals surface area (Å²) in [6.45, 7) is -0.272. The first-order chi connectivity index (χ1) is 9.52. The lowest BCUT2D eigenvalue weighted by Gasteiger charge is -2.06. The Morgan fingerprint density at radius 3 is 2.90 bits per heavy atom. The molecule has 2 aromatic heterocycles. The van der Waals surface area contributed by atoms with E-state index in [4.69, 9.17) is 11.6 Å². The fourth-order valence-electron chi connectivity index (χ4n) is 1.62. The molecule has 1 amide bonds. The van der Waals surface area contributed by atoms with Gasteiger partial charge >= 0.3 is 6.55 Å². The third-order valence-electron chi connectivity index (χ3n) is 2.62. The van der Waals surface area contributed by atoms with Gasteiger partial charge in [0.25, 0.3) is 5.91 Å². The van der Waals surface area contributed by atoms with Gasteiger partial charge in [-0.25, -0.2) is 0 Å². The van der Waals surface area contributed by atoms with Crippen molar-refractivity contribution in [2.45, 2.75) is 26.6 Å². The van der Waals surface area contributed by atoms with E-state index in [1.54, 1.807) is 10.9 Å². The maximum atomic E-state index is 12.6. The van der Waals surface area contributed by atoms with Crippen LogP contribution in [0, 0.1) is 0 Å². The zero-order chi connectivity index (χ0) is 14.7. The maximum absolute atomic E-state index is 12.6. The summed E-state index contributed by atoms with van der Waals surface area (Å²) in [4.78, 5) is 11.8. The Labute approximate surface area is 118 Å². The molecule has 0 radical (unpaired) electrons. The minimum Gasteiger partial charge on any atom is -0.345 e. The van der Waals surface area contributed by atoms with Gasteiger partial charge in [-0.15, -0.1) is 0 Å². The van der Waals surface area contributed by atoms with Crippen molar-refractivity contribution in [3.05, 3.63) is 34.9 Å². The van der Waals surface area contributed by atoms with E-state index in [0.29, 0.717) is 21.9 Å². The molecule has 0 spiro atoms. The van der Waals surface area contributed by atoms with Crippen molar-refractivity contribution in [1.82, 2.24) is 24.9 Å². The summed E-state index contributed by atoms with van der Waals surface area (Å²) in [5.74, 6) is -0.662. The number of hydrogen-bond acceptors (Lipinski definition) is 3. The van der Waals surface area contributed by atoms with Gasteiger partial charge in [-0.3, -0.25) is 9.48 Å². The average molecular weight is 304 g/mol. The molecule has 0 bridgehead atoms. The van der Waals surface area contributed by atoms with Crippen molar-refractivity contribution < 1.29 is 13.6 Å². The minimum atomic E-state index is -2.87. The van der Waals surface area contributed by atoms with Gasteiger partial charge in [0.15, 0.2) is 0 Å². The van der Waals surface area contributed by atoms with E-state index in [1.807, 2.05) is 6.92 Å². The van der Waals surface area contributed by atoms with Crippen molar-refractivity contribution in [1.29, 1.82) is 0 Å². The molecule has 9 heteroatoms. The molecule has 0 aromatic carbocycles. The topological polar surface area (TPSA) is 64.7 Å². The van der Waals surface area contributed by atoms with Gasteiger partial charge in [-0.2, -0.15) is 23.7 Å². The summed E-state index contributed by atoms with van der Waals surface area (Å²) < 4.78 is 27.1. The Balaban J connectivity index is 2.05. The van der Waals surface area contributed by atoms with Gasteiger partial charge in [0.1, 0.15) is 11.4 Å². The number of hydrogen-bond donors (Lipinski definition) is 1. The van der Waals surface area contributed by atoms with Gasteiger partial charge in [-0.1, -0.05) is 11.6 Å². The standard InChI is InChI=1S/C11H12ClF2N5O/c1-2-18-6-7(12)8(17-18)5-15-10(20)9-3-4-16-19(9)11(13)14/h3-4,6,11H,2,5H2,1H3,(H,15,20). The highest BCUT2D eigenvalue weighted by Gasteiger charge is 2.18. The van der Waals surface area contributed by atoms with Crippen molar-refractivity contribution in [3.63, 3.8) is 0 Å². The highest BCUT2D eigenvalue weighted by atomic mass is 35.5. The van der Waals surface area contributed by atoms with Crippen LogP contribution in [0.4, 0.5) is 8.78 Å². The monoisotopic (exact) mass is 303 g/mol. The van der Waals surface area contributed by atoms with Crippen LogP contribution in [-0.2, 0) is 13.1 Å². The zero-order valence-corrected chi connectivity index (χ0v) is 11.3. The lowest BCUT2D eigenvalue weighted by molar-refractivity contribution is 0.0509. The molecule has 0 aliphatic heterocycles. The van der Waals surface area contributed by atoms with Crippen LogP contribution in [0.2, 0.25) is 5.02 Å². The van der Waals surface area contributed by atoms with Gasteiger partial charge in [0.05, 0.1) is 11.6 Å². The lowest BCUT2D eigenvalue weighted by atomic mass is 10.3. The van der Waals surface area contributed by atoms with Crippen LogP contribution in [0.5, 0.6) is 0 Å². The van der Waals surface area contributed by atoms with Crippen molar-refractivity contribution >= 4 is 17.5 Å². The molecule has 0 saturated heterocycles. The van der Waals surface area contributed by atoms with Crippen LogP contribution in [0.1, 0.15) is 29.7 Å². The molecule has 0 atom stereocenters. The predicted octanol–water partition coefficient (Wildman–Crippen LogP) is 2.08. The fourth-order valence-corrected chi connectivity index (χ4v) is 1.84. The molecule has 2 rings (SSSR count). The molecule has 2 heterocycles. The van der Waals surface area contributed by atoms with Crippen LogP contribution < -0.4 is 5.32 Å². The van der Waals surface area contributed by atoms with Crippen LogP contribution in [0.25, 0.3) is 0 Å². The number of aromatic nitrogens is 4. The molecule has 108 valence electrons. The Morgan fingerprint density at radius 1 is 1.55 bits per heavy atom. The fraction of sp³-hybridized carbons (Fsp3) is 0.364. The number of nitrogens with one attached hydrogen (secondary N) is 1. The number of nitrogens with zero attached hydrogens (tertiary/aromatic N) is 4. The third kappa shape index (κ3) is 2.96. The van der Waals surface area contributed by atoms with Crippen LogP contribution in [0.15, 0.2) is 18.5 Å². The SMILES string of the molecule is CCn1cc(Cl)c(CNC(=O)c2ccnn2C(F)F)n1. The first-order valence-electron chi connectivity index (χ1n) is 5.84. The summed E-state index contributed by atoms with van der Waals surface area (Å²) in [5, 5.41) is 10.4. The Bertz CT molecular complexity index is 610. The first-order valence-corrected chi connectivity index (χ1v) is 6.22. The van der Waals surface area contributed by atoms with E-state index >= 15 is 0 Å². The molecule has 6 nitrogen and oxygen atoms in total. The minimum absolute atomic E-state index is 0.0546. The van der Waals surface area contributed by atoms with E-state index < -0.39 is 12.5 Å². The molecule has 20 heavy (non-hydrogen) atoms. The quantitative estimate of drug-likeness (QED) is 0.919. The number of rotatable bonds is 5. The Morgan fingerprint density at radius 2 is 2.30 bits per heavy atom. The second-order valence-electron chi connectivity index (χ2n) is 3.90. The van der Waals surface area contributed by atoms with E-state index in [9.17, 15) is 13.6 Å². The largest absolute Gasteiger partial charge is 0.345 e. The molecular weight excluding hydrogens is 292 g/mol. The number of carbonyl (C=O) groups is 1. The molecule has 2 aromatic rings. The normalized spacial score (nSPS) is 11.1. The highest BCUT2D eigenvalue weighted by molar-refractivity contribution is 6.31. The zero-order valence-electron chi connectivity index (χ0n) is 10.6. The second kappa shape index (κ2) is 6.00. The van der Waals surface area contributed by atoms with E-state index in [0.717, 1.165) is 6.20 Å². The average Bonchev–Trinajstić information content (AvgIpc) is 3.02. The summed E-state index contributed by atoms with van der Waals surface area (Å²) in [6.07, 6.45) is 2.77. The van der Waals surface area contributed by atoms with Crippen molar-refractivity contribution in [2.24, 2.45) is 0 Å². The van der Waals surface area contributed by atoms with Crippen LogP contribution in [0.3, 0.4) is 0 Å².